The van der Waals surface area contributed by atoms with E-state index in [1.807, 2.05) is 24.3 Å². The van der Waals surface area contributed by atoms with Crippen LogP contribution in [0.3, 0.4) is 0 Å². The van der Waals surface area contributed by atoms with Gasteiger partial charge in [-0.15, -0.1) is 0 Å². The number of amides is 1. The van der Waals surface area contributed by atoms with Crippen LogP contribution in [0.15, 0.2) is 47.4 Å². The maximum Gasteiger partial charge on any atom is 0.255 e. The van der Waals surface area contributed by atoms with Crippen molar-refractivity contribution in [3.63, 3.8) is 0 Å². The van der Waals surface area contributed by atoms with Gasteiger partial charge in [-0.3, -0.25) is 4.79 Å². The summed E-state index contributed by atoms with van der Waals surface area (Å²) in [5.41, 5.74) is 1.11. The summed E-state index contributed by atoms with van der Waals surface area (Å²) in [6, 6.07) is 11.7. The summed E-state index contributed by atoms with van der Waals surface area (Å²) < 4.78 is 43.4. The molecule has 3 rings (SSSR count). The van der Waals surface area contributed by atoms with E-state index in [9.17, 15) is 13.2 Å². The Morgan fingerprint density at radius 2 is 1.73 bits per heavy atom. The Kier molecular flexibility index (Phi) is 8.34. The van der Waals surface area contributed by atoms with Crippen LogP contribution in [0.25, 0.3) is 0 Å². The van der Waals surface area contributed by atoms with Crippen molar-refractivity contribution in [3.8, 4) is 11.5 Å². The van der Waals surface area contributed by atoms with E-state index in [4.69, 9.17) is 14.2 Å². The number of sulfonamides is 1. The Morgan fingerprint density at radius 3 is 2.30 bits per heavy atom. The van der Waals surface area contributed by atoms with Crippen molar-refractivity contribution in [3.05, 3.63) is 53.6 Å². The highest BCUT2D eigenvalue weighted by molar-refractivity contribution is 7.89. The second-order valence-electron chi connectivity index (χ2n) is 8.31. The Balaban J connectivity index is 1.90. The topological polar surface area (TPSA) is 94.2 Å². The molecule has 0 unspecified atom stereocenters. The van der Waals surface area contributed by atoms with E-state index in [2.05, 4.69) is 19.2 Å². The maximum atomic E-state index is 13.3. The average Bonchev–Trinajstić information content (AvgIpc) is 2.83. The number of benzene rings is 2. The molecule has 0 saturated carbocycles. The molecule has 1 aliphatic heterocycles. The molecule has 0 aromatic heterocycles. The molecule has 1 heterocycles. The average molecular weight is 477 g/mol. The van der Waals surface area contributed by atoms with Crippen LogP contribution in [-0.2, 0) is 14.8 Å². The Hall–Kier alpha value is -2.62. The molecular weight excluding hydrogens is 444 g/mol. The van der Waals surface area contributed by atoms with Gasteiger partial charge in [0.1, 0.15) is 11.5 Å². The standard InChI is InChI=1S/C24H32N2O6S/c1-17(2)15-22(18-5-7-19(30-3)8-6-18)25-24(27)21-16-20(9-10-23(21)31-4)33(28,29)26-11-13-32-14-12-26/h5-10,16-17,22H,11-15H2,1-4H3,(H,25,27)/t22-/m0/s1. The quantitative estimate of drug-likeness (QED) is 0.597. The van der Waals surface area contributed by atoms with Gasteiger partial charge in [-0.25, -0.2) is 8.42 Å². The van der Waals surface area contributed by atoms with Crippen molar-refractivity contribution in [1.29, 1.82) is 0 Å². The number of hydrogen-bond acceptors (Lipinski definition) is 6. The van der Waals surface area contributed by atoms with Gasteiger partial charge in [0, 0.05) is 13.1 Å². The molecule has 1 fully saturated rings. The number of nitrogens with zero attached hydrogens (tertiary/aromatic N) is 1. The highest BCUT2D eigenvalue weighted by Gasteiger charge is 2.28. The fourth-order valence-corrected chi connectivity index (χ4v) is 5.22. The largest absolute Gasteiger partial charge is 0.497 e. The third-order valence-electron chi connectivity index (χ3n) is 5.55. The van der Waals surface area contributed by atoms with E-state index in [1.165, 1.54) is 29.6 Å². The summed E-state index contributed by atoms with van der Waals surface area (Å²) in [6.07, 6.45) is 0.714. The summed E-state index contributed by atoms with van der Waals surface area (Å²) in [7, 11) is -0.687. The monoisotopic (exact) mass is 476 g/mol. The number of ether oxygens (including phenoxy) is 3. The van der Waals surface area contributed by atoms with Crippen LogP contribution in [-0.4, -0.2) is 59.2 Å². The number of carbonyl (C=O) groups is 1. The summed E-state index contributed by atoms with van der Waals surface area (Å²) >= 11 is 0. The van der Waals surface area contributed by atoms with Gasteiger partial charge in [0.2, 0.25) is 10.0 Å². The number of methoxy groups -OCH3 is 2. The third-order valence-corrected chi connectivity index (χ3v) is 7.45. The van der Waals surface area contributed by atoms with Crippen molar-refractivity contribution < 1.29 is 27.4 Å². The highest BCUT2D eigenvalue weighted by atomic mass is 32.2. The van der Waals surface area contributed by atoms with Gasteiger partial charge in [-0.1, -0.05) is 26.0 Å². The fraction of sp³-hybridized carbons (Fsp3) is 0.458. The van der Waals surface area contributed by atoms with E-state index in [0.29, 0.717) is 31.3 Å². The zero-order valence-electron chi connectivity index (χ0n) is 19.5. The third kappa shape index (κ3) is 6.04. The number of hydrogen-bond donors (Lipinski definition) is 1. The predicted octanol–water partition coefficient (Wildman–Crippen LogP) is 3.24. The lowest BCUT2D eigenvalue weighted by atomic mass is 9.96. The number of rotatable bonds is 9. The predicted molar refractivity (Wildman–Crippen MR) is 125 cm³/mol. The first kappa shape index (κ1) is 25.0. The SMILES string of the molecule is COc1ccc([C@H](CC(C)C)NC(=O)c2cc(S(=O)(=O)N3CCOCC3)ccc2OC)cc1. The molecule has 1 N–H and O–H groups in total. The molecule has 1 saturated heterocycles. The highest BCUT2D eigenvalue weighted by Crippen LogP contribution is 2.28. The smallest absolute Gasteiger partial charge is 0.255 e. The van der Waals surface area contributed by atoms with Crippen molar-refractivity contribution in [2.45, 2.75) is 31.2 Å². The van der Waals surface area contributed by atoms with Gasteiger partial charge in [0.15, 0.2) is 0 Å². The molecule has 8 nitrogen and oxygen atoms in total. The number of nitrogens with one attached hydrogen (secondary N) is 1. The second kappa shape index (κ2) is 11.0. The Morgan fingerprint density at radius 1 is 1.06 bits per heavy atom. The molecule has 180 valence electrons. The minimum absolute atomic E-state index is 0.0557. The van der Waals surface area contributed by atoms with E-state index < -0.39 is 15.9 Å². The molecule has 1 aliphatic rings. The first-order valence-electron chi connectivity index (χ1n) is 11.0. The molecule has 1 atom stereocenters. The van der Waals surface area contributed by atoms with Crippen molar-refractivity contribution in [2.24, 2.45) is 5.92 Å². The molecule has 1 amide bonds. The molecule has 0 aliphatic carbocycles. The summed E-state index contributed by atoms with van der Waals surface area (Å²) in [5, 5.41) is 3.06. The first-order chi connectivity index (χ1) is 15.8. The van der Waals surface area contributed by atoms with Gasteiger partial charge in [-0.2, -0.15) is 4.31 Å². The normalized spacial score (nSPS) is 15.8. The lowest BCUT2D eigenvalue weighted by molar-refractivity contribution is 0.0730. The number of carbonyl (C=O) groups excluding carboxylic acids is 1. The van der Waals surface area contributed by atoms with Crippen LogP contribution in [0.1, 0.15) is 42.2 Å². The lowest BCUT2D eigenvalue weighted by Gasteiger charge is -2.26. The zero-order chi connectivity index (χ0) is 24.0. The van der Waals surface area contributed by atoms with E-state index in [0.717, 1.165) is 11.3 Å². The molecule has 0 spiro atoms. The molecule has 0 bridgehead atoms. The molecule has 2 aromatic rings. The molecule has 2 aromatic carbocycles. The Bertz CT molecular complexity index is 1050. The van der Waals surface area contributed by atoms with Crippen LogP contribution < -0.4 is 14.8 Å². The fourth-order valence-electron chi connectivity index (χ4n) is 3.78. The summed E-state index contributed by atoms with van der Waals surface area (Å²) in [5.74, 6) is 0.974. The van der Waals surface area contributed by atoms with Gasteiger partial charge in [0.25, 0.3) is 5.91 Å². The van der Waals surface area contributed by atoms with Gasteiger partial charge in [0.05, 0.1) is 43.9 Å². The molecule has 9 heteroatoms. The lowest BCUT2D eigenvalue weighted by Crippen LogP contribution is -2.40. The van der Waals surface area contributed by atoms with Gasteiger partial charge >= 0.3 is 0 Å². The maximum absolute atomic E-state index is 13.3. The van der Waals surface area contributed by atoms with Crippen LogP contribution in [0.4, 0.5) is 0 Å². The van der Waals surface area contributed by atoms with Crippen LogP contribution in [0.5, 0.6) is 11.5 Å². The zero-order valence-corrected chi connectivity index (χ0v) is 20.4. The van der Waals surface area contributed by atoms with Gasteiger partial charge < -0.3 is 19.5 Å². The molecular formula is C24H32N2O6S. The van der Waals surface area contributed by atoms with Crippen LogP contribution in [0.2, 0.25) is 0 Å². The summed E-state index contributed by atoms with van der Waals surface area (Å²) in [6.45, 7) is 5.42. The molecule has 33 heavy (non-hydrogen) atoms. The van der Waals surface area contributed by atoms with E-state index in [-0.39, 0.29) is 29.6 Å². The van der Waals surface area contributed by atoms with Crippen molar-refractivity contribution >= 4 is 15.9 Å². The first-order valence-corrected chi connectivity index (χ1v) is 12.4. The molecule has 0 radical (unpaired) electrons. The second-order valence-corrected chi connectivity index (χ2v) is 10.2. The minimum Gasteiger partial charge on any atom is -0.497 e. The van der Waals surface area contributed by atoms with Crippen LogP contribution >= 0.6 is 0 Å². The van der Waals surface area contributed by atoms with E-state index in [1.54, 1.807) is 7.11 Å². The number of morpholine rings is 1. The van der Waals surface area contributed by atoms with Crippen molar-refractivity contribution in [1.82, 2.24) is 9.62 Å². The Labute approximate surface area is 195 Å². The summed E-state index contributed by atoms with van der Waals surface area (Å²) in [4.78, 5) is 13.4. The van der Waals surface area contributed by atoms with E-state index >= 15 is 0 Å². The minimum atomic E-state index is -3.75. The van der Waals surface area contributed by atoms with Gasteiger partial charge in [-0.05, 0) is 48.2 Å². The van der Waals surface area contributed by atoms with Crippen LogP contribution in [0, 0.1) is 5.92 Å². The van der Waals surface area contributed by atoms with Crippen molar-refractivity contribution in [2.75, 3.05) is 40.5 Å².